The lowest BCUT2D eigenvalue weighted by Gasteiger charge is -2.12. The number of nitrogens with zero attached hydrogens (tertiary/aromatic N) is 2. The number of H-pyrrole nitrogens is 1. The minimum Gasteiger partial charge on any atom is -0.480 e. The molecule has 0 aliphatic carbocycles. The van der Waals surface area contributed by atoms with Crippen molar-refractivity contribution in [3.05, 3.63) is 34.3 Å². The van der Waals surface area contributed by atoms with Gasteiger partial charge in [0.25, 0.3) is 5.91 Å². The second-order valence-corrected chi connectivity index (χ2v) is 5.74. The van der Waals surface area contributed by atoms with Crippen molar-refractivity contribution in [2.45, 2.75) is 32.2 Å². The minimum absolute atomic E-state index is 0.142. The Hall–Kier alpha value is -2.22. The van der Waals surface area contributed by atoms with Gasteiger partial charge in [-0.2, -0.15) is 0 Å². The Bertz CT molecular complexity index is 621. The molecule has 0 saturated carbocycles. The van der Waals surface area contributed by atoms with E-state index in [1.54, 1.807) is 0 Å². The number of amides is 1. The van der Waals surface area contributed by atoms with E-state index in [1.807, 2.05) is 19.2 Å². The fraction of sp³-hybridized carbons (Fsp3) is 0.385. The van der Waals surface area contributed by atoms with Crippen LogP contribution in [0, 0.1) is 0 Å². The number of nitrogens with one attached hydrogen (secondary N) is 2. The lowest BCUT2D eigenvalue weighted by atomic mass is 10.1. The number of carbonyl (C=O) groups excluding carboxylic acids is 1. The van der Waals surface area contributed by atoms with Crippen LogP contribution in [0.3, 0.4) is 0 Å². The zero-order valence-electron chi connectivity index (χ0n) is 11.7. The number of imidazole rings is 1. The predicted molar refractivity (Wildman–Crippen MR) is 77.4 cm³/mol. The first kappa shape index (κ1) is 15.2. The van der Waals surface area contributed by atoms with Crippen LogP contribution in [0.1, 0.15) is 41.0 Å². The van der Waals surface area contributed by atoms with Crippen molar-refractivity contribution >= 4 is 23.2 Å². The summed E-state index contributed by atoms with van der Waals surface area (Å²) >= 11 is 1.21. The summed E-state index contributed by atoms with van der Waals surface area (Å²) in [4.78, 5) is 34.2. The molecule has 112 valence electrons. The molecule has 1 atom stereocenters. The highest BCUT2D eigenvalue weighted by molar-refractivity contribution is 7.11. The Morgan fingerprint density at radius 2 is 2.24 bits per heavy atom. The SMILES string of the molecule is CC(C)c1csc(C(=O)N[C@@H](Cc2cnc[nH]2)C(=O)O)n1. The molecule has 2 aromatic rings. The van der Waals surface area contributed by atoms with Gasteiger partial charge in [-0.25, -0.2) is 14.8 Å². The predicted octanol–water partition coefficient (Wildman–Crippen LogP) is 1.42. The smallest absolute Gasteiger partial charge is 0.326 e. The molecule has 1 amide bonds. The van der Waals surface area contributed by atoms with E-state index in [2.05, 4.69) is 20.3 Å². The number of hydrogen-bond donors (Lipinski definition) is 3. The van der Waals surface area contributed by atoms with Crippen molar-refractivity contribution < 1.29 is 14.7 Å². The second kappa shape index (κ2) is 6.49. The topological polar surface area (TPSA) is 108 Å². The molecule has 8 heteroatoms. The highest BCUT2D eigenvalue weighted by atomic mass is 32.1. The van der Waals surface area contributed by atoms with Crippen molar-refractivity contribution in [1.29, 1.82) is 0 Å². The van der Waals surface area contributed by atoms with E-state index in [1.165, 1.54) is 23.9 Å². The maximum Gasteiger partial charge on any atom is 0.326 e. The van der Waals surface area contributed by atoms with Gasteiger partial charge in [0.15, 0.2) is 5.01 Å². The van der Waals surface area contributed by atoms with Crippen LogP contribution in [-0.4, -0.2) is 38.0 Å². The summed E-state index contributed by atoms with van der Waals surface area (Å²) in [7, 11) is 0. The molecule has 7 nitrogen and oxygen atoms in total. The molecule has 2 heterocycles. The van der Waals surface area contributed by atoms with Crippen LogP contribution in [0.2, 0.25) is 0 Å². The normalized spacial score (nSPS) is 12.3. The zero-order valence-corrected chi connectivity index (χ0v) is 12.5. The largest absolute Gasteiger partial charge is 0.480 e. The maximum atomic E-state index is 12.1. The number of hydrogen-bond acceptors (Lipinski definition) is 5. The monoisotopic (exact) mass is 308 g/mol. The van der Waals surface area contributed by atoms with Gasteiger partial charge in [0.05, 0.1) is 12.0 Å². The Labute approximate surface area is 125 Å². The summed E-state index contributed by atoms with van der Waals surface area (Å²) < 4.78 is 0. The first-order chi connectivity index (χ1) is 9.97. The zero-order chi connectivity index (χ0) is 15.4. The number of carbonyl (C=O) groups is 2. The Balaban J connectivity index is 2.05. The summed E-state index contributed by atoms with van der Waals surface area (Å²) in [6.07, 6.45) is 3.14. The fourth-order valence-corrected chi connectivity index (χ4v) is 2.57. The van der Waals surface area contributed by atoms with Crippen molar-refractivity contribution in [2.24, 2.45) is 0 Å². The molecule has 0 spiro atoms. The van der Waals surface area contributed by atoms with E-state index in [-0.39, 0.29) is 17.3 Å². The summed E-state index contributed by atoms with van der Waals surface area (Å²) in [5.41, 5.74) is 1.47. The first-order valence-corrected chi connectivity index (χ1v) is 7.31. The molecular weight excluding hydrogens is 292 g/mol. The van der Waals surface area contributed by atoms with Gasteiger partial charge in [0.1, 0.15) is 6.04 Å². The van der Waals surface area contributed by atoms with Crippen LogP contribution >= 0.6 is 11.3 Å². The van der Waals surface area contributed by atoms with E-state index in [9.17, 15) is 14.7 Å². The van der Waals surface area contributed by atoms with Gasteiger partial charge in [-0.05, 0) is 5.92 Å². The molecule has 21 heavy (non-hydrogen) atoms. The molecule has 0 aromatic carbocycles. The molecule has 2 aromatic heterocycles. The number of aromatic amines is 1. The van der Waals surface area contributed by atoms with Crippen LogP contribution in [0.25, 0.3) is 0 Å². The molecule has 0 saturated heterocycles. The third kappa shape index (κ3) is 3.88. The van der Waals surface area contributed by atoms with E-state index in [0.717, 1.165) is 5.69 Å². The molecule has 0 unspecified atom stereocenters. The highest BCUT2D eigenvalue weighted by Gasteiger charge is 2.23. The lowest BCUT2D eigenvalue weighted by molar-refractivity contribution is -0.139. The number of rotatable bonds is 6. The Morgan fingerprint density at radius 3 is 2.76 bits per heavy atom. The van der Waals surface area contributed by atoms with E-state index < -0.39 is 17.9 Å². The van der Waals surface area contributed by atoms with Crippen molar-refractivity contribution in [3.63, 3.8) is 0 Å². The molecular formula is C13H16N4O3S. The van der Waals surface area contributed by atoms with E-state index in [4.69, 9.17) is 0 Å². The number of carboxylic acid groups (broad SMARTS) is 1. The second-order valence-electron chi connectivity index (χ2n) is 4.88. The van der Waals surface area contributed by atoms with Crippen LogP contribution in [-0.2, 0) is 11.2 Å². The van der Waals surface area contributed by atoms with Gasteiger partial charge in [0, 0.05) is 23.7 Å². The van der Waals surface area contributed by atoms with Crippen molar-refractivity contribution in [3.8, 4) is 0 Å². The van der Waals surface area contributed by atoms with E-state index in [0.29, 0.717) is 5.69 Å². The van der Waals surface area contributed by atoms with Gasteiger partial charge in [-0.1, -0.05) is 13.8 Å². The van der Waals surface area contributed by atoms with Crippen LogP contribution in [0.15, 0.2) is 17.9 Å². The molecule has 3 N–H and O–H groups in total. The summed E-state index contributed by atoms with van der Waals surface area (Å²) in [5, 5.41) is 13.8. The average molecular weight is 308 g/mol. The Kier molecular flexibility index (Phi) is 4.69. The summed E-state index contributed by atoms with van der Waals surface area (Å²) in [6, 6.07) is -1.02. The van der Waals surface area contributed by atoms with Gasteiger partial charge < -0.3 is 15.4 Å². The third-order valence-corrected chi connectivity index (χ3v) is 3.75. The quantitative estimate of drug-likeness (QED) is 0.748. The lowest BCUT2D eigenvalue weighted by Crippen LogP contribution is -2.42. The van der Waals surface area contributed by atoms with Crippen LogP contribution in [0.4, 0.5) is 0 Å². The van der Waals surface area contributed by atoms with E-state index >= 15 is 0 Å². The van der Waals surface area contributed by atoms with Crippen molar-refractivity contribution in [1.82, 2.24) is 20.3 Å². The molecule has 0 bridgehead atoms. The molecule has 2 rings (SSSR count). The summed E-state index contributed by atoms with van der Waals surface area (Å²) in [5.74, 6) is -1.35. The minimum atomic E-state index is -1.10. The first-order valence-electron chi connectivity index (χ1n) is 6.43. The number of aromatic nitrogens is 3. The molecule has 0 radical (unpaired) electrons. The fourth-order valence-electron chi connectivity index (χ4n) is 1.69. The maximum absolute atomic E-state index is 12.1. The molecule has 0 aliphatic rings. The molecule has 0 aliphatic heterocycles. The Morgan fingerprint density at radius 1 is 1.48 bits per heavy atom. The highest BCUT2D eigenvalue weighted by Crippen LogP contribution is 2.17. The van der Waals surface area contributed by atoms with Crippen molar-refractivity contribution in [2.75, 3.05) is 0 Å². The van der Waals surface area contributed by atoms with Crippen LogP contribution in [0.5, 0.6) is 0 Å². The number of aliphatic carboxylic acids is 1. The van der Waals surface area contributed by atoms with Crippen LogP contribution < -0.4 is 5.32 Å². The number of carboxylic acids is 1. The summed E-state index contributed by atoms with van der Waals surface area (Å²) in [6.45, 7) is 3.96. The number of thiazole rings is 1. The molecule has 0 fully saturated rings. The average Bonchev–Trinajstić information content (AvgIpc) is 3.08. The van der Waals surface area contributed by atoms with Gasteiger partial charge in [-0.3, -0.25) is 4.79 Å². The van der Waals surface area contributed by atoms with Gasteiger partial charge in [0.2, 0.25) is 0 Å². The van der Waals surface area contributed by atoms with Gasteiger partial charge >= 0.3 is 5.97 Å². The third-order valence-electron chi connectivity index (χ3n) is 2.89. The standard InChI is InChI=1S/C13H16N4O3S/c1-7(2)10-5-21-12(17-10)11(18)16-9(13(19)20)3-8-4-14-6-15-8/h4-7,9H,3H2,1-2H3,(H,14,15)(H,16,18)(H,19,20)/t9-/m0/s1. The van der Waals surface area contributed by atoms with Gasteiger partial charge in [-0.15, -0.1) is 11.3 Å².